The number of nitrogens with zero attached hydrogens (tertiary/aromatic N) is 2. The van der Waals surface area contributed by atoms with Crippen molar-refractivity contribution in [3.8, 4) is 17.4 Å². The van der Waals surface area contributed by atoms with Gasteiger partial charge in [0.05, 0.1) is 21.6 Å². The first kappa shape index (κ1) is 24.2. The van der Waals surface area contributed by atoms with E-state index in [1.165, 1.54) is 5.56 Å². The van der Waals surface area contributed by atoms with Crippen LogP contribution < -0.4 is 4.74 Å². The first-order chi connectivity index (χ1) is 17.0. The minimum absolute atomic E-state index is 0.200. The lowest BCUT2D eigenvalue weighted by molar-refractivity contribution is 0.0599. The molecule has 0 saturated carbocycles. The zero-order valence-corrected chi connectivity index (χ0v) is 21.1. The minimum Gasteiger partial charge on any atom is -0.490 e. The fraction of sp³-hybridized carbons (Fsp3) is 0.370. The zero-order valence-electron chi connectivity index (χ0n) is 19.5. The Kier molecular flexibility index (Phi) is 7.35. The number of furan rings is 1. The molecule has 0 spiro atoms. The van der Waals surface area contributed by atoms with Crippen LogP contribution in [0.1, 0.15) is 37.0 Å². The van der Waals surface area contributed by atoms with Gasteiger partial charge in [0.25, 0.3) is 5.89 Å². The molecule has 1 aliphatic heterocycles. The number of piperidine rings is 1. The van der Waals surface area contributed by atoms with Crippen LogP contribution in [0.3, 0.4) is 0 Å². The molecule has 1 N–H and O–H groups in total. The van der Waals surface area contributed by atoms with Crippen LogP contribution in [0.4, 0.5) is 0 Å². The molecule has 0 bridgehead atoms. The highest BCUT2D eigenvalue weighted by molar-refractivity contribution is 6.42. The molecule has 2 aromatic heterocycles. The van der Waals surface area contributed by atoms with Crippen molar-refractivity contribution in [2.75, 3.05) is 26.2 Å². The molecule has 1 aliphatic rings. The average molecular weight is 515 g/mol. The van der Waals surface area contributed by atoms with Gasteiger partial charge in [0, 0.05) is 19.0 Å². The highest BCUT2D eigenvalue weighted by atomic mass is 35.5. The second kappa shape index (κ2) is 10.6. The molecule has 6 nitrogen and oxygen atoms in total. The maximum absolute atomic E-state index is 10.7. The van der Waals surface area contributed by atoms with Gasteiger partial charge in [0.2, 0.25) is 0 Å². The third kappa shape index (κ3) is 5.51. The average Bonchev–Trinajstić information content (AvgIpc) is 3.52. The number of aryl methyl sites for hydroxylation is 1. The van der Waals surface area contributed by atoms with E-state index in [1.807, 2.05) is 43.3 Å². The first-order valence-corrected chi connectivity index (χ1v) is 12.7. The third-order valence-corrected chi connectivity index (χ3v) is 7.28. The predicted molar refractivity (Wildman–Crippen MR) is 137 cm³/mol. The number of halogens is 2. The first-order valence-electron chi connectivity index (χ1n) is 12.0. The van der Waals surface area contributed by atoms with Gasteiger partial charge in [-0.05, 0) is 61.7 Å². The Morgan fingerprint density at radius 1 is 1.11 bits per heavy atom. The maximum atomic E-state index is 10.7. The third-order valence-electron chi connectivity index (χ3n) is 6.54. The van der Waals surface area contributed by atoms with E-state index in [9.17, 15) is 5.11 Å². The number of oxazole rings is 1. The number of β-amino-alcohol motifs (C(OH)–C–C–N with tert-alkyl or cyclic N) is 1. The summed E-state index contributed by atoms with van der Waals surface area (Å²) in [5.74, 6) is 2.94. The summed E-state index contributed by atoms with van der Waals surface area (Å²) in [7, 11) is 0. The van der Waals surface area contributed by atoms with Crippen LogP contribution in [0.5, 0.6) is 5.75 Å². The largest absolute Gasteiger partial charge is 0.490 e. The van der Waals surface area contributed by atoms with Crippen LogP contribution in [0, 0.1) is 0 Å². The molecule has 1 atom stereocenters. The lowest BCUT2D eigenvalue weighted by Gasteiger charge is -2.33. The number of hydrogen-bond acceptors (Lipinski definition) is 6. The maximum Gasteiger partial charge on any atom is 0.263 e. The summed E-state index contributed by atoms with van der Waals surface area (Å²) in [4.78, 5) is 6.58. The Morgan fingerprint density at radius 2 is 1.94 bits per heavy atom. The second-order valence-corrected chi connectivity index (χ2v) is 9.79. The summed E-state index contributed by atoms with van der Waals surface area (Å²) in [5.41, 5.74) is 1.92. The molecular formula is C27H28Cl2N2O4. The molecule has 8 heteroatoms. The number of fused-ring (bicyclic) bond motifs is 1. The summed E-state index contributed by atoms with van der Waals surface area (Å²) in [6, 6.07) is 13.4. The number of hydrogen-bond donors (Lipinski definition) is 1. The van der Waals surface area contributed by atoms with Gasteiger partial charge in [0.15, 0.2) is 5.76 Å². The lowest BCUT2D eigenvalue weighted by atomic mass is 9.89. The number of rotatable bonds is 8. The zero-order chi connectivity index (χ0) is 24.4. The molecule has 0 unspecified atom stereocenters. The van der Waals surface area contributed by atoms with Gasteiger partial charge in [-0.2, -0.15) is 0 Å². The van der Waals surface area contributed by atoms with Gasteiger partial charge in [-0.15, -0.1) is 0 Å². The fourth-order valence-electron chi connectivity index (χ4n) is 4.60. The van der Waals surface area contributed by atoms with Crippen molar-refractivity contribution >= 4 is 34.2 Å². The Balaban J connectivity index is 1.16. The Morgan fingerprint density at radius 3 is 2.69 bits per heavy atom. The normalized spacial score (nSPS) is 16.1. The smallest absolute Gasteiger partial charge is 0.263 e. The van der Waals surface area contributed by atoms with E-state index in [-0.39, 0.29) is 6.61 Å². The summed E-state index contributed by atoms with van der Waals surface area (Å²) in [5, 5.41) is 12.7. The Hall–Kier alpha value is -2.51. The number of aliphatic hydroxyl groups excluding tert-OH is 1. The molecule has 0 radical (unpaired) electrons. The van der Waals surface area contributed by atoms with Crippen LogP contribution >= 0.6 is 23.2 Å². The summed E-state index contributed by atoms with van der Waals surface area (Å²) >= 11 is 12.2. The lowest BCUT2D eigenvalue weighted by Crippen LogP contribution is -2.40. The van der Waals surface area contributed by atoms with Crippen molar-refractivity contribution in [3.63, 3.8) is 0 Å². The molecular weight excluding hydrogens is 487 g/mol. The van der Waals surface area contributed by atoms with Gasteiger partial charge >= 0.3 is 0 Å². The van der Waals surface area contributed by atoms with Crippen LogP contribution in [0.15, 0.2) is 57.5 Å². The molecule has 184 valence electrons. The minimum atomic E-state index is -0.600. The molecule has 4 aromatic rings. The number of benzene rings is 2. The molecule has 1 fully saturated rings. The standard InChI is InChI=1S/C27H28Cl2N2O4/c1-2-20-14-30-27(34-20)26-13-21-24(4-3-5-25(21)35-26)33-16-19(32)15-31-10-8-17(9-11-31)18-6-7-22(28)23(29)12-18/h3-7,12-14,17,19,32H,2,8-11,15-16H2,1H3/t19-/m0/s1. The molecule has 2 aromatic carbocycles. The molecule has 3 heterocycles. The van der Waals surface area contributed by atoms with Crippen molar-refractivity contribution in [2.24, 2.45) is 0 Å². The van der Waals surface area contributed by atoms with Gasteiger partial charge < -0.3 is 23.6 Å². The van der Waals surface area contributed by atoms with E-state index in [0.717, 1.165) is 43.5 Å². The van der Waals surface area contributed by atoms with Crippen molar-refractivity contribution < 1.29 is 18.7 Å². The highest BCUT2D eigenvalue weighted by Gasteiger charge is 2.23. The molecule has 0 amide bonds. The van der Waals surface area contributed by atoms with E-state index in [1.54, 1.807) is 6.20 Å². The Labute approximate surface area is 214 Å². The predicted octanol–water partition coefficient (Wildman–Crippen LogP) is 6.58. The quantitative estimate of drug-likeness (QED) is 0.286. The van der Waals surface area contributed by atoms with E-state index >= 15 is 0 Å². The van der Waals surface area contributed by atoms with E-state index < -0.39 is 6.10 Å². The van der Waals surface area contributed by atoms with Gasteiger partial charge in [0.1, 0.15) is 29.8 Å². The van der Waals surface area contributed by atoms with Gasteiger partial charge in [-0.25, -0.2) is 4.98 Å². The summed E-state index contributed by atoms with van der Waals surface area (Å²) < 4.78 is 17.6. The van der Waals surface area contributed by atoms with Gasteiger partial charge in [-0.1, -0.05) is 42.3 Å². The van der Waals surface area contributed by atoms with E-state index in [4.69, 9.17) is 36.8 Å². The number of aliphatic hydroxyl groups is 1. The summed E-state index contributed by atoms with van der Waals surface area (Å²) in [6.45, 7) is 4.61. The number of ether oxygens (including phenoxy) is 1. The summed E-state index contributed by atoms with van der Waals surface area (Å²) in [6.07, 6.45) is 3.92. The van der Waals surface area contributed by atoms with Crippen LogP contribution in [0.2, 0.25) is 10.0 Å². The van der Waals surface area contributed by atoms with Gasteiger partial charge in [-0.3, -0.25) is 0 Å². The fourth-order valence-corrected chi connectivity index (χ4v) is 4.91. The topological polar surface area (TPSA) is 71.9 Å². The molecule has 1 saturated heterocycles. The highest BCUT2D eigenvalue weighted by Crippen LogP contribution is 2.34. The van der Waals surface area contributed by atoms with Crippen LogP contribution in [-0.4, -0.2) is 47.3 Å². The SMILES string of the molecule is CCc1cnc(-c2cc3c(OC[C@@H](O)CN4CCC(c5ccc(Cl)c(Cl)c5)CC4)cccc3o2)o1. The number of aromatic nitrogens is 1. The monoisotopic (exact) mass is 514 g/mol. The van der Waals surface area contributed by atoms with Crippen LogP contribution in [-0.2, 0) is 6.42 Å². The van der Waals surface area contributed by atoms with Crippen molar-refractivity contribution in [1.29, 1.82) is 0 Å². The van der Waals surface area contributed by atoms with Crippen molar-refractivity contribution in [2.45, 2.75) is 38.2 Å². The van der Waals surface area contributed by atoms with Crippen molar-refractivity contribution in [3.05, 3.63) is 70.0 Å². The number of likely N-dealkylation sites (tertiary alicyclic amines) is 1. The second-order valence-electron chi connectivity index (χ2n) is 8.98. The molecule has 5 rings (SSSR count). The van der Waals surface area contributed by atoms with E-state index in [0.29, 0.717) is 45.5 Å². The Bertz CT molecular complexity index is 1290. The van der Waals surface area contributed by atoms with Crippen molar-refractivity contribution in [1.82, 2.24) is 9.88 Å². The van der Waals surface area contributed by atoms with Crippen LogP contribution in [0.25, 0.3) is 22.6 Å². The molecule has 35 heavy (non-hydrogen) atoms. The molecule has 0 aliphatic carbocycles. The van der Waals surface area contributed by atoms with E-state index in [2.05, 4.69) is 16.0 Å².